The Kier molecular flexibility index (Phi) is 3.25. The van der Waals surface area contributed by atoms with Gasteiger partial charge in [-0.25, -0.2) is 8.78 Å². The first-order valence-electron chi connectivity index (χ1n) is 3.55. The number of alkyl halides is 1. The summed E-state index contributed by atoms with van der Waals surface area (Å²) < 4.78 is 25.3. The van der Waals surface area contributed by atoms with E-state index >= 15 is 0 Å². The zero-order valence-electron chi connectivity index (χ0n) is 6.60. The van der Waals surface area contributed by atoms with E-state index in [4.69, 9.17) is 16.7 Å². The molecule has 4 heteroatoms. The van der Waals surface area contributed by atoms with Gasteiger partial charge in [0.2, 0.25) is 0 Å². The molecule has 0 aromatic heterocycles. The lowest BCUT2D eigenvalue weighted by Crippen LogP contribution is -1.84. The Hall–Kier alpha value is -1.09. The zero-order valence-corrected chi connectivity index (χ0v) is 7.35. The highest BCUT2D eigenvalue weighted by molar-refractivity contribution is 6.19. The first-order valence-corrected chi connectivity index (χ1v) is 4.09. The second-order valence-electron chi connectivity index (χ2n) is 2.38. The van der Waals surface area contributed by atoms with Crippen LogP contribution in [0.15, 0.2) is 18.2 Å². The van der Waals surface area contributed by atoms with Crippen molar-refractivity contribution >= 4 is 17.7 Å². The minimum absolute atomic E-state index is 0.0816. The van der Waals surface area contributed by atoms with Gasteiger partial charge in [-0.1, -0.05) is 12.2 Å². The maximum atomic E-state index is 12.7. The molecule has 0 saturated carbocycles. The Labute approximate surface area is 79.3 Å². The van der Waals surface area contributed by atoms with E-state index in [2.05, 4.69) is 0 Å². The number of aromatic hydroxyl groups is 1. The van der Waals surface area contributed by atoms with E-state index in [0.29, 0.717) is 6.07 Å². The van der Waals surface area contributed by atoms with Crippen molar-refractivity contribution < 1.29 is 13.9 Å². The van der Waals surface area contributed by atoms with Crippen LogP contribution in [0, 0.1) is 11.6 Å². The van der Waals surface area contributed by atoms with Crippen LogP contribution in [-0.2, 0) is 0 Å². The summed E-state index contributed by atoms with van der Waals surface area (Å²) in [4.78, 5) is 0. The number of benzene rings is 1. The van der Waals surface area contributed by atoms with Gasteiger partial charge in [-0.3, -0.25) is 0 Å². The normalized spacial score (nSPS) is 11.0. The second-order valence-corrected chi connectivity index (χ2v) is 2.69. The highest BCUT2D eigenvalue weighted by atomic mass is 35.5. The Morgan fingerprint density at radius 2 is 2.08 bits per heavy atom. The summed E-state index contributed by atoms with van der Waals surface area (Å²) >= 11 is 5.33. The first kappa shape index (κ1) is 9.99. The van der Waals surface area contributed by atoms with E-state index in [-0.39, 0.29) is 11.4 Å². The molecule has 0 heterocycles. The molecule has 1 nitrogen and oxygen atoms in total. The van der Waals surface area contributed by atoms with Crippen LogP contribution >= 0.6 is 11.6 Å². The first-order chi connectivity index (χ1) is 6.15. The molecule has 70 valence electrons. The second kappa shape index (κ2) is 4.23. The molecule has 0 aliphatic carbocycles. The van der Waals surface area contributed by atoms with Gasteiger partial charge in [0.1, 0.15) is 5.82 Å². The van der Waals surface area contributed by atoms with Gasteiger partial charge in [-0.15, -0.1) is 11.6 Å². The molecule has 0 bridgehead atoms. The van der Waals surface area contributed by atoms with Crippen LogP contribution in [0.5, 0.6) is 5.75 Å². The molecule has 0 aliphatic heterocycles. The van der Waals surface area contributed by atoms with Gasteiger partial charge in [0.05, 0.1) is 0 Å². The fraction of sp³-hybridized carbons (Fsp3) is 0.111. The average Bonchev–Trinajstić information content (AvgIpc) is 2.09. The molecule has 1 N–H and O–H groups in total. The maximum absolute atomic E-state index is 12.7. The van der Waals surface area contributed by atoms with E-state index in [0.717, 1.165) is 6.07 Å². The van der Waals surface area contributed by atoms with E-state index < -0.39 is 17.4 Å². The predicted molar refractivity (Wildman–Crippen MR) is 47.8 cm³/mol. The number of phenols is 1. The van der Waals surface area contributed by atoms with Crippen LogP contribution in [0.1, 0.15) is 5.56 Å². The highest BCUT2D eigenvalue weighted by Crippen LogP contribution is 2.23. The summed E-state index contributed by atoms with van der Waals surface area (Å²) in [5, 5.41) is 9.11. The number of hydrogen-bond acceptors (Lipinski definition) is 1. The van der Waals surface area contributed by atoms with Crippen molar-refractivity contribution in [2.45, 2.75) is 0 Å². The minimum Gasteiger partial charge on any atom is -0.504 e. The Morgan fingerprint density at radius 1 is 1.38 bits per heavy atom. The Morgan fingerprint density at radius 3 is 2.69 bits per heavy atom. The van der Waals surface area contributed by atoms with Crippen LogP contribution in [0.3, 0.4) is 0 Å². The van der Waals surface area contributed by atoms with Crippen LogP contribution in [0.25, 0.3) is 6.08 Å². The van der Waals surface area contributed by atoms with Gasteiger partial charge < -0.3 is 5.11 Å². The molecule has 1 aromatic carbocycles. The van der Waals surface area contributed by atoms with Crippen molar-refractivity contribution in [1.82, 2.24) is 0 Å². The topological polar surface area (TPSA) is 20.2 Å². The minimum atomic E-state index is -0.978. The molecule has 0 aliphatic rings. The van der Waals surface area contributed by atoms with E-state index in [1.807, 2.05) is 0 Å². The van der Waals surface area contributed by atoms with Crippen LogP contribution in [0.2, 0.25) is 0 Å². The summed E-state index contributed by atoms with van der Waals surface area (Å²) in [6.07, 6.45) is 2.84. The SMILES string of the molecule is Oc1c(F)cc(F)cc1C=CCCl. The molecule has 13 heavy (non-hydrogen) atoms. The number of hydrogen-bond donors (Lipinski definition) is 1. The summed E-state index contributed by atoms with van der Waals surface area (Å²) in [6.45, 7) is 0. The predicted octanol–water partition coefficient (Wildman–Crippen LogP) is 2.92. The standard InChI is InChI=1S/C9H7ClF2O/c10-3-1-2-6-4-7(11)5-8(12)9(6)13/h1-2,4-5,13H,3H2. The smallest absolute Gasteiger partial charge is 0.168 e. The van der Waals surface area contributed by atoms with Crippen molar-refractivity contribution in [1.29, 1.82) is 0 Å². The van der Waals surface area contributed by atoms with E-state index in [9.17, 15) is 8.78 Å². The van der Waals surface area contributed by atoms with Crippen LogP contribution in [0.4, 0.5) is 8.78 Å². The molecule has 1 aromatic rings. The molecule has 0 atom stereocenters. The van der Waals surface area contributed by atoms with Crippen LogP contribution < -0.4 is 0 Å². The maximum Gasteiger partial charge on any atom is 0.168 e. The number of phenolic OH excluding ortho intramolecular Hbond substituents is 1. The van der Waals surface area contributed by atoms with E-state index in [1.165, 1.54) is 12.2 Å². The van der Waals surface area contributed by atoms with Crippen molar-refractivity contribution in [3.8, 4) is 5.75 Å². The fourth-order valence-electron chi connectivity index (χ4n) is 0.884. The molecule has 1 rings (SSSR count). The zero-order chi connectivity index (χ0) is 9.84. The Balaban J connectivity index is 3.12. The lowest BCUT2D eigenvalue weighted by Gasteiger charge is -2.00. The summed E-state index contributed by atoms with van der Waals surface area (Å²) in [5.74, 6) is -2.06. The lowest BCUT2D eigenvalue weighted by molar-refractivity contribution is 0.426. The summed E-state index contributed by atoms with van der Waals surface area (Å²) in [6, 6.07) is 1.65. The molecular weight excluding hydrogens is 198 g/mol. The van der Waals surface area contributed by atoms with Gasteiger partial charge in [0.15, 0.2) is 11.6 Å². The Bertz CT molecular complexity index is 337. The van der Waals surface area contributed by atoms with Gasteiger partial charge in [-0.05, 0) is 6.07 Å². The lowest BCUT2D eigenvalue weighted by atomic mass is 10.2. The fourth-order valence-corrected chi connectivity index (χ4v) is 0.974. The molecule has 0 saturated heterocycles. The quantitative estimate of drug-likeness (QED) is 0.735. The van der Waals surface area contributed by atoms with Gasteiger partial charge in [0, 0.05) is 17.5 Å². The van der Waals surface area contributed by atoms with Crippen molar-refractivity contribution in [3.63, 3.8) is 0 Å². The third-order valence-corrected chi connectivity index (χ3v) is 1.62. The molecule has 0 amide bonds. The summed E-state index contributed by atoms with van der Waals surface area (Å²) in [7, 11) is 0. The molecule has 0 unspecified atom stereocenters. The van der Waals surface area contributed by atoms with Crippen molar-refractivity contribution in [2.75, 3.05) is 5.88 Å². The summed E-state index contributed by atoms with van der Waals surface area (Å²) in [5.41, 5.74) is 0.0816. The number of halogens is 3. The van der Waals surface area contributed by atoms with Gasteiger partial charge in [-0.2, -0.15) is 0 Å². The highest BCUT2D eigenvalue weighted by Gasteiger charge is 2.06. The average molecular weight is 205 g/mol. The third kappa shape index (κ3) is 2.42. The van der Waals surface area contributed by atoms with Gasteiger partial charge >= 0.3 is 0 Å². The molecule has 0 fully saturated rings. The number of rotatable bonds is 2. The van der Waals surface area contributed by atoms with Crippen molar-refractivity contribution in [2.24, 2.45) is 0 Å². The third-order valence-electron chi connectivity index (χ3n) is 1.44. The largest absolute Gasteiger partial charge is 0.504 e. The van der Waals surface area contributed by atoms with Crippen molar-refractivity contribution in [3.05, 3.63) is 35.4 Å². The monoisotopic (exact) mass is 204 g/mol. The molecule has 0 spiro atoms. The number of allylic oxidation sites excluding steroid dienone is 1. The molecule has 0 radical (unpaired) electrons. The van der Waals surface area contributed by atoms with Crippen LogP contribution in [-0.4, -0.2) is 11.0 Å². The van der Waals surface area contributed by atoms with E-state index in [1.54, 1.807) is 0 Å². The molecular formula is C9H7ClF2O. The van der Waals surface area contributed by atoms with Gasteiger partial charge in [0.25, 0.3) is 0 Å².